The second-order valence-corrected chi connectivity index (χ2v) is 3.61. The Balaban J connectivity index is 2.60. The number of carboxylic acids is 1. The Hall–Kier alpha value is -2.11. The molecule has 0 radical (unpaired) electrons. The van der Waals surface area contributed by atoms with Crippen LogP contribution in [0.3, 0.4) is 0 Å². The van der Waals surface area contributed by atoms with Crippen LogP contribution >= 0.6 is 0 Å². The van der Waals surface area contributed by atoms with E-state index in [1.165, 1.54) is 13.0 Å². The lowest BCUT2D eigenvalue weighted by Crippen LogP contribution is -2.35. The third-order valence-corrected chi connectivity index (χ3v) is 2.17. The van der Waals surface area contributed by atoms with Crippen LogP contribution in [0.4, 0.5) is 0 Å². The van der Waals surface area contributed by atoms with Crippen molar-refractivity contribution >= 4 is 17.7 Å². The summed E-state index contributed by atoms with van der Waals surface area (Å²) >= 11 is 0. The lowest BCUT2D eigenvalue weighted by Gasteiger charge is -2.20. The summed E-state index contributed by atoms with van der Waals surface area (Å²) in [7, 11) is 0. The second kappa shape index (κ2) is 5.29. The zero-order chi connectivity index (χ0) is 13.0. The number of hydrogen-bond acceptors (Lipinski definition) is 5. The highest BCUT2D eigenvalue weighted by molar-refractivity contribution is 6.09. The van der Waals surface area contributed by atoms with Gasteiger partial charge in [0.1, 0.15) is 5.76 Å². The maximum Gasteiger partial charge on any atom is 0.327 e. The van der Waals surface area contributed by atoms with Crippen molar-refractivity contribution in [2.75, 3.05) is 6.54 Å². The van der Waals surface area contributed by atoms with Gasteiger partial charge in [-0.1, -0.05) is 6.58 Å². The number of aliphatic carboxylic acids is 1. The fourth-order valence-electron chi connectivity index (χ4n) is 1.39. The Morgan fingerprint density at radius 1 is 1.59 bits per heavy atom. The largest absolute Gasteiger partial charge is 0.481 e. The van der Waals surface area contributed by atoms with Gasteiger partial charge < -0.3 is 15.2 Å². The summed E-state index contributed by atoms with van der Waals surface area (Å²) in [6.45, 7) is 5.16. The van der Waals surface area contributed by atoms with E-state index in [-0.39, 0.29) is 24.4 Å². The van der Waals surface area contributed by atoms with Gasteiger partial charge in [-0.15, -0.1) is 0 Å². The number of allylic oxidation sites excluding steroid dienone is 2. The van der Waals surface area contributed by atoms with Crippen LogP contribution < -0.4 is 5.32 Å². The molecule has 0 bridgehead atoms. The fourth-order valence-corrected chi connectivity index (χ4v) is 1.39. The number of carboxylic acid groups (broad SMARTS) is 1. The van der Waals surface area contributed by atoms with Gasteiger partial charge >= 0.3 is 11.9 Å². The summed E-state index contributed by atoms with van der Waals surface area (Å²) in [4.78, 5) is 33.3. The minimum absolute atomic E-state index is 0.105. The topological polar surface area (TPSA) is 92.7 Å². The van der Waals surface area contributed by atoms with Gasteiger partial charge in [0.2, 0.25) is 0 Å². The molecule has 0 aromatic heterocycles. The highest BCUT2D eigenvalue weighted by atomic mass is 16.5. The zero-order valence-electron chi connectivity index (χ0n) is 9.36. The molecule has 0 aromatic rings. The molecule has 0 aliphatic carbocycles. The Labute approximate surface area is 97.9 Å². The Morgan fingerprint density at radius 3 is 2.76 bits per heavy atom. The van der Waals surface area contributed by atoms with Crippen molar-refractivity contribution in [1.29, 1.82) is 0 Å². The molecule has 6 nitrogen and oxygen atoms in total. The van der Waals surface area contributed by atoms with E-state index in [1.807, 2.05) is 0 Å². The Bertz CT molecular complexity index is 410. The van der Waals surface area contributed by atoms with Crippen molar-refractivity contribution in [3.05, 3.63) is 24.1 Å². The molecule has 1 heterocycles. The lowest BCUT2D eigenvalue weighted by molar-refractivity contribution is -0.147. The van der Waals surface area contributed by atoms with Gasteiger partial charge in [-0.25, -0.2) is 0 Å². The molecule has 0 amide bonds. The average molecular weight is 239 g/mol. The van der Waals surface area contributed by atoms with Crippen LogP contribution in [0, 0.1) is 5.92 Å². The first kappa shape index (κ1) is 13.0. The van der Waals surface area contributed by atoms with Crippen molar-refractivity contribution in [2.45, 2.75) is 13.3 Å². The Morgan fingerprint density at radius 2 is 2.24 bits per heavy atom. The quantitative estimate of drug-likeness (QED) is 0.526. The minimum Gasteiger partial charge on any atom is -0.481 e. The van der Waals surface area contributed by atoms with Crippen LogP contribution in [0.15, 0.2) is 24.1 Å². The van der Waals surface area contributed by atoms with Crippen LogP contribution in [0.25, 0.3) is 0 Å². The molecule has 0 saturated carbocycles. The van der Waals surface area contributed by atoms with Crippen LogP contribution in [-0.2, 0) is 19.1 Å². The van der Waals surface area contributed by atoms with Gasteiger partial charge in [0.15, 0.2) is 11.7 Å². The molecule has 2 N–H and O–H groups in total. The van der Waals surface area contributed by atoms with Gasteiger partial charge in [-0.2, -0.15) is 0 Å². The van der Waals surface area contributed by atoms with Crippen LogP contribution in [0.5, 0.6) is 0 Å². The van der Waals surface area contributed by atoms with E-state index in [1.54, 1.807) is 0 Å². The van der Waals surface area contributed by atoms with Crippen molar-refractivity contribution in [3.63, 3.8) is 0 Å². The number of esters is 1. The Kier molecular flexibility index (Phi) is 4.03. The molecular weight excluding hydrogens is 226 g/mol. The summed E-state index contributed by atoms with van der Waals surface area (Å²) in [6.07, 6.45) is 1.10. The second-order valence-electron chi connectivity index (χ2n) is 3.61. The molecule has 1 atom stereocenters. The molecule has 17 heavy (non-hydrogen) atoms. The standard InChI is InChI=1S/C11H13NO5/c1-6-5-8(13)10(11(16)17-6)7(2)12-4-3-9(14)15/h5,10,12H,2-4H2,1H3,(H,14,15). The lowest BCUT2D eigenvalue weighted by atomic mass is 9.98. The molecule has 0 saturated heterocycles. The van der Waals surface area contributed by atoms with E-state index < -0.39 is 23.6 Å². The highest BCUT2D eigenvalue weighted by Gasteiger charge is 2.33. The van der Waals surface area contributed by atoms with E-state index >= 15 is 0 Å². The number of hydrogen-bond donors (Lipinski definition) is 2. The number of ketones is 1. The van der Waals surface area contributed by atoms with Crippen molar-refractivity contribution in [1.82, 2.24) is 5.32 Å². The van der Waals surface area contributed by atoms with Gasteiger partial charge in [-0.05, 0) is 6.92 Å². The first-order valence-corrected chi connectivity index (χ1v) is 5.00. The molecule has 6 heteroatoms. The highest BCUT2D eigenvalue weighted by Crippen LogP contribution is 2.19. The average Bonchev–Trinajstić information content (AvgIpc) is 2.14. The van der Waals surface area contributed by atoms with Crippen LogP contribution in [-0.4, -0.2) is 29.4 Å². The smallest absolute Gasteiger partial charge is 0.327 e. The molecular formula is C11H13NO5. The summed E-state index contributed by atoms with van der Waals surface area (Å²) in [5.74, 6) is -2.92. The third-order valence-electron chi connectivity index (χ3n) is 2.17. The first-order valence-electron chi connectivity index (χ1n) is 5.00. The number of carbonyl (C=O) groups excluding carboxylic acids is 2. The molecule has 0 fully saturated rings. The van der Waals surface area contributed by atoms with Gasteiger partial charge in [-0.3, -0.25) is 14.4 Å². The molecule has 0 aromatic carbocycles. The molecule has 1 aliphatic rings. The number of cyclic esters (lactones) is 1. The molecule has 92 valence electrons. The van der Waals surface area contributed by atoms with E-state index in [0.717, 1.165) is 0 Å². The van der Waals surface area contributed by atoms with Crippen molar-refractivity contribution in [2.24, 2.45) is 5.92 Å². The van der Waals surface area contributed by atoms with Gasteiger partial charge in [0.25, 0.3) is 0 Å². The summed E-state index contributed by atoms with van der Waals surface area (Å²) in [5, 5.41) is 11.1. The monoisotopic (exact) mass is 239 g/mol. The summed E-state index contributed by atoms with van der Waals surface area (Å²) < 4.78 is 4.80. The van der Waals surface area contributed by atoms with Crippen LogP contribution in [0.2, 0.25) is 0 Å². The van der Waals surface area contributed by atoms with Gasteiger partial charge in [0.05, 0.1) is 6.42 Å². The van der Waals surface area contributed by atoms with E-state index in [9.17, 15) is 14.4 Å². The molecule has 1 unspecified atom stereocenters. The maximum absolute atomic E-state index is 11.6. The molecule has 1 rings (SSSR count). The van der Waals surface area contributed by atoms with E-state index in [0.29, 0.717) is 0 Å². The number of nitrogens with one attached hydrogen (secondary N) is 1. The number of rotatable bonds is 5. The minimum atomic E-state index is -1.09. The zero-order valence-corrected chi connectivity index (χ0v) is 9.36. The third kappa shape index (κ3) is 3.44. The normalized spacial score (nSPS) is 19.4. The number of carbonyl (C=O) groups is 3. The molecule has 1 aliphatic heterocycles. The van der Waals surface area contributed by atoms with Crippen molar-refractivity contribution in [3.8, 4) is 0 Å². The predicted octanol–water partition coefficient (Wildman–Crippen LogP) is 0.210. The van der Waals surface area contributed by atoms with E-state index in [2.05, 4.69) is 11.9 Å². The van der Waals surface area contributed by atoms with E-state index in [4.69, 9.17) is 9.84 Å². The first-order chi connectivity index (χ1) is 7.91. The SMILES string of the molecule is C=C(NCCC(=O)O)C1C(=O)C=C(C)OC1=O. The fraction of sp³-hybridized carbons (Fsp3) is 0.364. The predicted molar refractivity (Wildman–Crippen MR) is 57.7 cm³/mol. The van der Waals surface area contributed by atoms with Gasteiger partial charge in [0, 0.05) is 18.3 Å². The summed E-state index contributed by atoms with van der Waals surface area (Å²) in [5.41, 5.74) is 0.157. The van der Waals surface area contributed by atoms with Crippen molar-refractivity contribution < 1.29 is 24.2 Å². The summed E-state index contributed by atoms with van der Waals surface area (Å²) in [6, 6.07) is 0. The molecule has 0 spiro atoms. The maximum atomic E-state index is 11.6. The van der Waals surface area contributed by atoms with Crippen LogP contribution in [0.1, 0.15) is 13.3 Å². The number of ether oxygens (including phenoxy) is 1.